The van der Waals surface area contributed by atoms with Crippen molar-refractivity contribution in [2.24, 2.45) is 0 Å². The number of nitrogens with zero attached hydrogens (tertiary/aromatic N) is 2. The minimum atomic E-state index is -0.0529. The highest BCUT2D eigenvalue weighted by Gasteiger charge is 2.14. The van der Waals surface area contributed by atoms with Crippen molar-refractivity contribution >= 4 is 23.1 Å². The Bertz CT molecular complexity index is 598. The third-order valence-corrected chi connectivity index (χ3v) is 4.26. The summed E-state index contributed by atoms with van der Waals surface area (Å²) in [5.74, 6) is 0.691. The van der Waals surface area contributed by atoms with E-state index in [1.807, 2.05) is 30.7 Å². The van der Waals surface area contributed by atoms with Crippen LogP contribution in [-0.2, 0) is 6.42 Å². The quantitative estimate of drug-likeness (QED) is 0.903. The molecule has 0 bridgehead atoms. The number of nitrogens with one attached hydrogen (secondary N) is 1. The minimum Gasteiger partial charge on any atom is -0.306 e. The summed E-state index contributed by atoms with van der Waals surface area (Å²) in [5.41, 5.74) is 1.28. The van der Waals surface area contributed by atoms with Crippen molar-refractivity contribution in [3.8, 4) is 0 Å². The highest BCUT2D eigenvalue weighted by Crippen LogP contribution is 2.24. The average Bonchev–Trinajstić information content (AvgIpc) is 2.97. The summed E-state index contributed by atoms with van der Waals surface area (Å²) in [5, 5.41) is 7.16. The molecule has 0 fully saturated rings. The van der Waals surface area contributed by atoms with Gasteiger partial charge in [0.1, 0.15) is 5.82 Å². The Labute approximate surface area is 123 Å². The summed E-state index contributed by atoms with van der Waals surface area (Å²) in [6, 6.07) is 4.06. The van der Waals surface area contributed by atoms with Crippen molar-refractivity contribution in [1.29, 1.82) is 0 Å². The minimum absolute atomic E-state index is 0.0529. The van der Waals surface area contributed by atoms with Crippen molar-refractivity contribution in [2.45, 2.75) is 46.6 Å². The van der Waals surface area contributed by atoms with E-state index in [1.54, 1.807) is 17.5 Å². The van der Waals surface area contributed by atoms with Gasteiger partial charge in [0.2, 0.25) is 0 Å². The molecular formula is C15H21N3OS. The average molecular weight is 291 g/mol. The third-order valence-electron chi connectivity index (χ3n) is 3.16. The van der Waals surface area contributed by atoms with Crippen LogP contribution in [0.1, 0.15) is 53.3 Å². The summed E-state index contributed by atoms with van der Waals surface area (Å²) < 4.78 is 1.81. The third kappa shape index (κ3) is 3.10. The number of aromatic nitrogens is 2. The molecule has 0 spiro atoms. The number of hydrogen-bond donors (Lipinski definition) is 1. The van der Waals surface area contributed by atoms with Gasteiger partial charge in [-0.3, -0.25) is 4.79 Å². The molecule has 0 aliphatic heterocycles. The maximum Gasteiger partial charge on any atom is 0.266 e. The fraction of sp³-hybridized carbons (Fsp3) is 0.467. The fourth-order valence-corrected chi connectivity index (χ4v) is 3.12. The van der Waals surface area contributed by atoms with Crippen molar-refractivity contribution in [3.63, 3.8) is 0 Å². The maximum atomic E-state index is 12.3. The first-order chi connectivity index (χ1) is 9.52. The lowest BCUT2D eigenvalue weighted by molar-refractivity contribution is 0.102. The second-order valence-electron chi connectivity index (χ2n) is 5.15. The van der Waals surface area contributed by atoms with Gasteiger partial charge in [0.15, 0.2) is 0 Å². The van der Waals surface area contributed by atoms with Gasteiger partial charge >= 0.3 is 0 Å². The number of aryl methyl sites for hydroxylation is 2. The van der Waals surface area contributed by atoms with Gasteiger partial charge in [0, 0.05) is 17.0 Å². The van der Waals surface area contributed by atoms with E-state index < -0.39 is 0 Å². The van der Waals surface area contributed by atoms with E-state index in [0.717, 1.165) is 23.5 Å². The molecule has 0 saturated carbocycles. The van der Waals surface area contributed by atoms with Crippen LogP contribution < -0.4 is 5.32 Å². The van der Waals surface area contributed by atoms with Gasteiger partial charge in [-0.2, -0.15) is 5.10 Å². The molecule has 0 saturated heterocycles. The van der Waals surface area contributed by atoms with Crippen LogP contribution >= 0.6 is 11.3 Å². The van der Waals surface area contributed by atoms with Crippen LogP contribution in [0.4, 0.5) is 5.82 Å². The zero-order chi connectivity index (χ0) is 14.7. The molecule has 4 nitrogen and oxygen atoms in total. The molecule has 5 heteroatoms. The molecule has 20 heavy (non-hydrogen) atoms. The van der Waals surface area contributed by atoms with E-state index in [-0.39, 0.29) is 11.9 Å². The van der Waals surface area contributed by atoms with Crippen molar-refractivity contribution in [3.05, 3.63) is 33.6 Å². The topological polar surface area (TPSA) is 46.9 Å². The molecule has 2 rings (SSSR count). The number of rotatable bonds is 5. The first-order valence-electron chi connectivity index (χ1n) is 6.97. The molecule has 108 valence electrons. The van der Waals surface area contributed by atoms with Crippen LogP contribution in [0.5, 0.6) is 0 Å². The van der Waals surface area contributed by atoms with E-state index in [0.29, 0.717) is 0 Å². The van der Waals surface area contributed by atoms with Crippen LogP contribution in [-0.4, -0.2) is 15.7 Å². The van der Waals surface area contributed by atoms with Gasteiger partial charge in [-0.25, -0.2) is 4.68 Å². The number of thiophene rings is 1. The van der Waals surface area contributed by atoms with Gasteiger partial charge in [-0.05, 0) is 38.8 Å². The van der Waals surface area contributed by atoms with E-state index >= 15 is 0 Å². The SMILES string of the molecule is CCCc1cc(C(=O)Nc2ccnn2C(C)C)sc1C. The largest absolute Gasteiger partial charge is 0.306 e. The Morgan fingerprint density at radius 3 is 2.90 bits per heavy atom. The van der Waals surface area contributed by atoms with Crippen LogP contribution in [0, 0.1) is 6.92 Å². The molecule has 1 N–H and O–H groups in total. The number of anilines is 1. The molecular weight excluding hydrogens is 270 g/mol. The van der Waals surface area contributed by atoms with Crippen LogP contribution in [0.15, 0.2) is 18.3 Å². The summed E-state index contributed by atoms with van der Waals surface area (Å²) in [7, 11) is 0. The second kappa shape index (κ2) is 6.22. The van der Waals surface area contributed by atoms with Crippen LogP contribution in [0.3, 0.4) is 0 Å². The maximum absolute atomic E-state index is 12.3. The Balaban J connectivity index is 2.15. The van der Waals surface area contributed by atoms with Crippen molar-refractivity contribution in [1.82, 2.24) is 9.78 Å². The lowest BCUT2D eigenvalue weighted by atomic mass is 10.1. The van der Waals surface area contributed by atoms with Gasteiger partial charge < -0.3 is 5.32 Å². The number of carbonyl (C=O) groups is 1. The van der Waals surface area contributed by atoms with Crippen LogP contribution in [0.25, 0.3) is 0 Å². The van der Waals surface area contributed by atoms with Crippen LogP contribution in [0.2, 0.25) is 0 Å². The molecule has 0 radical (unpaired) electrons. The second-order valence-corrected chi connectivity index (χ2v) is 6.41. The molecule has 0 unspecified atom stereocenters. The van der Waals surface area contributed by atoms with Crippen molar-refractivity contribution < 1.29 is 4.79 Å². The smallest absolute Gasteiger partial charge is 0.266 e. The van der Waals surface area contributed by atoms with Gasteiger partial charge in [-0.15, -0.1) is 11.3 Å². The predicted octanol–water partition coefficient (Wildman–Crippen LogP) is 4.04. The molecule has 0 aliphatic rings. The van der Waals surface area contributed by atoms with Gasteiger partial charge in [0.05, 0.1) is 11.1 Å². The molecule has 0 atom stereocenters. The molecule has 1 amide bonds. The van der Waals surface area contributed by atoms with Crippen molar-refractivity contribution in [2.75, 3.05) is 5.32 Å². The first kappa shape index (κ1) is 14.8. The summed E-state index contributed by atoms with van der Waals surface area (Å²) in [4.78, 5) is 14.3. The Morgan fingerprint density at radius 1 is 1.50 bits per heavy atom. The number of amides is 1. The number of hydrogen-bond acceptors (Lipinski definition) is 3. The molecule has 2 aromatic heterocycles. The fourth-order valence-electron chi connectivity index (χ4n) is 2.15. The summed E-state index contributed by atoms with van der Waals surface area (Å²) >= 11 is 1.56. The van der Waals surface area contributed by atoms with Gasteiger partial charge in [-0.1, -0.05) is 13.3 Å². The molecule has 0 aliphatic carbocycles. The number of carbonyl (C=O) groups excluding carboxylic acids is 1. The lowest BCUT2D eigenvalue weighted by Gasteiger charge is -2.11. The molecule has 0 aromatic carbocycles. The van der Waals surface area contributed by atoms with E-state index in [9.17, 15) is 4.79 Å². The Hall–Kier alpha value is -1.62. The highest BCUT2D eigenvalue weighted by molar-refractivity contribution is 7.14. The van der Waals surface area contributed by atoms with Gasteiger partial charge in [0.25, 0.3) is 5.91 Å². The normalized spacial score (nSPS) is 11.1. The highest BCUT2D eigenvalue weighted by atomic mass is 32.1. The zero-order valence-electron chi connectivity index (χ0n) is 12.4. The zero-order valence-corrected chi connectivity index (χ0v) is 13.3. The monoisotopic (exact) mass is 291 g/mol. The molecule has 2 heterocycles. The predicted molar refractivity (Wildman–Crippen MR) is 83.6 cm³/mol. The summed E-state index contributed by atoms with van der Waals surface area (Å²) in [6.45, 7) is 8.30. The Morgan fingerprint density at radius 2 is 2.25 bits per heavy atom. The van der Waals surface area contributed by atoms with E-state index in [2.05, 4.69) is 24.3 Å². The Kier molecular flexibility index (Phi) is 4.60. The van der Waals surface area contributed by atoms with E-state index in [1.165, 1.54) is 10.4 Å². The summed E-state index contributed by atoms with van der Waals surface area (Å²) in [6.07, 6.45) is 3.83. The lowest BCUT2D eigenvalue weighted by Crippen LogP contribution is -2.15. The molecule has 2 aromatic rings. The van der Waals surface area contributed by atoms with E-state index in [4.69, 9.17) is 0 Å². The first-order valence-corrected chi connectivity index (χ1v) is 7.78. The standard InChI is InChI=1S/C15H21N3OS/c1-5-6-12-9-13(20-11(12)4)15(19)17-14-7-8-16-18(14)10(2)3/h7-10H,5-6H2,1-4H3,(H,17,19).